The van der Waals surface area contributed by atoms with E-state index in [0.717, 1.165) is 11.3 Å². The molecule has 0 aliphatic rings. The zero-order valence-corrected chi connectivity index (χ0v) is 23.3. The minimum atomic E-state index is -0.247. The molecule has 198 valence electrons. The van der Waals surface area contributed by atoms with E-state index < -0.39 is 0 Å². The molecule has 0 saturated carbocycles. The highest BCUT2D eigenvalue weighted by molar-refractivity contribution is 7.14. The van der Waals surface area contributed by atoms with Crippen LogP contribution in [0.3, 0.4) is 0 Å². The van der Waals surface area contributed by atoms with Gasteiger partial charge in [0.15, 0.2) is 16.6 Å². The molecule has 0 atom stereocenters. The fourth-order valence-electron chi connectivity index (χ4n) is 3.71. The van der Waals surface area contributed by atoms with Crippen LogP contribution >= 0.6 is 22.9 Å². The van der Waals surface area contributed by atoms with Gasteiger partial charge in [-0.25, -0.2) is 4.98 Å². The Labute approximate surface area is 227 Å². The summed E-state index contributed by atoms with van der Waals surface area (Å²) in [4.78, 5) is 22.4. The normalized spacial score (nSPS) is 10.8. The van der Waals surface area contributed by atoms with Crippen molar-refractivity contribution >= 4 is 45.4 Å². The topological polar surface area (TPSA) is 73.4 Å². The first kappa shape index (κ1) is 28.5. The van der Waals surface area contributed by atoms with Gasteiger partial charge in [-0.3, -0.25) is 9.69 Å². The van der Waals surface area contributed by atoms with Gasteiger partial charge in [0.25, 0.3) is 5.91 Å². The average Bonchev–Trinajstić information content (AvgIpc) is 3.38. The summed E-state index contributed by atoms with van der Waals surface area (Å²) in [6.45, 7) is 8.44. The van der Waals surface area contributed by atoms with E-state index in [-0.39, 0.29) is 5.91 Å². The van der Waals surface area contributed by atoms with Gasteiger partial charge in [-0.1, -0.05) is 18.2 Å². The fourth-order valence-corrected chi connectivity index (χ4v) is 4.79. The summed E-state index contributed by atoms with van der Waals surface area (Å²) >= 11 is 7.50. The number of aryl methyl sites for hydroxylation is 1. The number of thiazole rings is 1. The molecule has 0 saturated heterocycles. The fraction of sp³-hybridized carbons (Fsp3) is 0.333. The molecule has 0 aliphatic heterocycles. The largest absolute Gasteiger partial charge is 0.493 e. The number of carbonyl (C=O) groups is 1. The highest BCUT2D eigenvalue weighted by atomic mass is 35.5. The van der Waals surface area contributed by atoms with Crippen molar-refractivity contribution in [3.05, 3.63) is 70.2 Å². The molecule has 3 rings (SSSR count). The Morgan fingerprint density at radius 3 is 2.27 bits per heavy atom. The Morgan fingerprint density at radius 1 is 1.00 bits per heavy atom. The van der Waals surface area contributed by atoms with Crippen molar-refractivity contribution in [1.29, 1.82) is 0 Å². The average molecular weight is 546 g/mol. The van der Waals surface area contributed by atoms with E-state index in [1.165, 1.54) is 11.3 Å². The van der Waals surface area contributed by atoms with Crippen LogP contribution in [0.5, 0.6) is 11.5 Å². The van der Waals surface area contributed by atoms with Crippen LogP contribution in [0.4, 0.5) is 10.8 Å². The van der Waals surface area contributed by atoms with Gasteiger partial charge < -0.3 is 23.8 Å². The number of halogens is 1. The van der Waals surface area contributed by atoms with Gasteiger partial charge in [0, 0.05) is 49.3 Å². The number of methoxy groups -OCH3 is 4. The quantitative estimate of drug-likeness (QED) is 0.274. The molecule has 1 aromatic heterocycles. The molecule has 1 amide bonds. The molecule has 8 nitrogen and oxygen atoms in total. The molecule has 0 N–H and O–H groups in total. The molecule has 0 aliphatic carbocycles. The number of nitrogens with zero attached hydrogens (tertiary/aromatic N) is 3. The molecule has 2 aromatic carbocycles. The highest BCUT2D eigenvalue weighted by Gasteiger charge is 2.26. The Balaban J connectivity index is 2.05. The summed E-state index contributed by atoms with van der Waals surface area (Å²) in [5.74, 6) is 0.808. The van der Waals surface area contributed by atoms with Crippen molar-refractivity contribution in [2.75, 3.05) is 59.6 Å². The number of hydrogen-bond acceptors (Lipinski definition) is 8. The van der Waals surface area contributed by atoms with Crippen LogP contribution in [-0.2, 0) is 9.47 Å². The van der Waals surface area contributed by atoms with Crippen LogP contribution in [0.1, 0.15) is 21.6 Å². The monoisotopic (exact) mass is 545 g/mol. The predicted molar refractivity (Wildman–Crippen MR) is 149 cm³/mol. The van der Waals surface area contributed by atoms with Crippen molar-refractivity contribution in [3.63, 3.8) is 0 Å². The predicted octanol–water partition coefficient (Wildman–Crippen LogP) is 5.67. The minimum absolute atomic E-state index is 0.247. The molecule has 10 heteroatoms. The lowest BCUT2D eigenvalue weighted by Gasteiger charge is -2.25. The van der Waals surface area contributed by atoms with Crippen molar-refractivity contribution in [2.45, 2.75) is 6.92 Å². The van der Waals surface area contributed by atoms with Gasteiger partial charge in [0.05, 0.1) is 44.5 Å². The van der Waals surface area contributed by atoms with Gasteiger partial charge >= 0.3 is 0 Å². The Hall–Kier alpha value is -3.11. The van der Waals surface area contributed by atoms with Crippen LogP contribution in [0.25, 0.3) is 5.70 Å². The molecule has 0 radical (unpaired) electrons. The van der Waals surface area contributed by atoms with Crippen molar-refractivity contribution in [1.82, 2.24) is 9.88 Å². The van der Waals surface area contributed by atoms with Crippen molar-refractivity contribution in [2.24, 2.45) is 0 Å². The molecule has 0 spiro atoms. The first-order valence-electron chi connectivity index (χ1n) is 11.5. The van der Waals surface area contributed by atoms with E-state index in [1.807, 2.05) is 12.3 Å². The second-order valence-electron chi connectivity index (χ2n) is 8.07. The minimum Gasteiger partial charge on any atom is -0.493 e. The molecule has 0 fully saturated rings. The van der Waals surface area contributed by atoms with Crippen LogP contribution in [0, 0.1) is 6.92 Å². The van der Waals surface area contributed by atoms with Crippen LogP contribution in [0.15, 0.2) is 48.4 Å². The van der Waals surface area contributed by atoms with Gasteiger partial charge in [0.1, 0.15) is 0 Å². The lowest BCUT2D eigenvalue weighted by molar-refractivity contribution is 0.0998. The molecule has 1 heterocycles. The standard InChI is InChI=1S/C27H32ClN3O5S/c1-18-15-20(28)7-9-22(18)26(32)31(21-8-10-24(35-5)25(16-21)36-6)27-29-23(17-37-27)19(2)30(11-13-33-3)12-14-34-4/h7-10,15-17H,2,11-14H2,1,3-6H3. The SMILES string of the molecule is C=C(c1csc(N(C(=O)c2ccc(Cl)cc2C)c2ccc(OC)c(OC)c2)n1)N(CCOC)CCOC. The summed E-state index contributed by atoms with van der Waals surface area (Å²) in [7, 11) is 6.43. The van der Waals surface area contributed by atoms with E-state index in [0.29, 0.717) is 64.9 Å². The van der Waals surface area contributed by atoms with E-state index in [9.17, 15) is 4.79 Å². The van der Waals surface area contributed by atoms with E-state index in [1.54, 1.807) is 69.7 Å². The number of rotatable bonds is 13. The molecule has 3 aromatic rings. The Bertz CT molecular complexity index is 1220. The number of aromatic nitrogens is 1. The second-order valence-corrected chi connectivity index (χ2v) is 9.35. The maximum absolute atomic E-state index is 13.9. The zero-order chi connectivity index (χ0) is 26.9. The summed E-state index contributed by atoms with van der Waals surface area (Å²) in [6, 6.07) is 10.5. The molecule has 0 unspecified atom stereocenters. The van der Waals surface area contributed by atoms with E-state index in [4.69, 9.17) is 35.5 Å². The number of benzene rings is 2. The van der Waals surface area contributed by atoms with E-state index >= 15 is 0 Å². The first-order chi connectivity index (χ1) is 17.8. The summed E-state index contributed by atoms with van der Waals surface area (Å²) in [6.07, 6.45) is 0. The van der Waals surface area contributed by atoms with Gasteiger partial charge in [-0.2, -0.15) is 0 Å². The third-order valence-electron chi connectivity index (χ3n) is 5.74. The third-order valence-corrected chi connectivity index (χ3v) is 6.80. The zero-order valence-electron chi connectivity index (χ0n) is 21.7. The van der Waals surface area contributed by atoms with Crippen molar-refractivity contribution < 1.29 is 23.7 Å². The third kappa shape index (κ3) is 6.81. The smallest absolute Gasteiger partial charge is 0.264 e. The van der Waals surface area contributed by atoms with Gasteiger partial charge in [0.2, 0.25) is 0 Å². The first-order valence-corrected chi connectivity index (χ1v) is 12.8. The Kier molecular flexibility index (Phi) is 10.3. The lowest BCUT2D eigenvalue weighted by atomic mass is 10.1. The van der Waals surface area contributed by atoms with Crippen molar-refractivity contribution in [3.8, 4) is 11.5 Å². The van der Waals surface area contributed by atoms with Gasteiger partial charge in [-0.15, -0.1) is 11.3 Å². The maximum atomic E-state index is 13.9. The maximum Gasteiger partial charge on any atom is 0.264 e. The molecule has 37 heavy (non-hydrogen) atoms. The number of hydrogen-bond donors (Lipinski definition) is 0. The molecular formula is C27H32ClN3O5S. The lowest BCUT2D eigenvalue weighted by Crippen LogP contribution is -2.29. The number of amides is 1. The van der Waals surface area contributed by atoms with E-state index in [2.05, 4.69) is 11.5 Å². The summed E-state index contributed by atoms with van der Waals surface area (Å²) in [5.41, 5.74) is 3.24. The summed E-state index contributed by atoms with van der Waals surface area (Å²) < 4.78 is 21.4. The van der Waals surface area contributed by atoms with Gasteiger partial charge in [-0.05, 0) is 42.8 Å². The highest BCUT2D eigenvalue weighted by Crippen LogP contribution is 2.38. The number of anilines is 2. The second kappa shape index (κ2) is 13.4. The van der Waals surface area contributed by atoms with Crippen LogP contribution < -0.4 is 14.4 Å². The van der Waals surface area contributed by atoms with Crippen LogP contribution in [0.2, 0.25) is 5.02 Å². The summed E-state index contributed by atoms with van der Waals surface area (Å²) in [5, 5.41) is 2.94. The molecule has 0 bridgehead atoms. The van der Waals surface area contributed by atoms with Crippen LogP contribution in [-0.4, -0.2) is 70.5 Å². The Morgan fingerprint density at radius 2 is 1.68 bits per heavy atom. The number of ether oxygens (including phenoxy) is 4. The number of carbonyl (C=O) groups excluding carboxylic acids is 1. The molecular weight excluding hydrogens is 514 g/mol.